The number of rotatable bonds is 5. The van der Waals surface area contributed by atoms with Crippen LogP contribution in [-0.4, -0.2) is 18.4 Å². The second-order valence-electron chi connectivity index (χ2n) is 4.69. The molecule has 0 spiro atoms. The molecule has 0 amide bonds. The summed E-state index contributed by atoms with van der Waals surface area (Å²) < 4.78 is 4.67. The maximum atomic E-state index is 11.6. The highest BCUT2D eigenvalue weighted by Gasteiger charge is 2.12. The predicted octanol–water partition coefficient (Wildman–Crippen LogP) is 3.35. The summed E-state index contributed by atoms with van der Waals surface area (Å²) in [5.74, 6) is -0.996. The van der Waals surface area contributed by atoms with Gasteiger partial charge in [-0.3, -0.25) is 4.79 Å². The largest absolute Gasteiger partial charge is 0.460 e. The molecule has 0 unspecified atom stereocenters. The molecule has 0 heterocycles. The van der Waals surface area contributed by atoms with E-state index in [4.69, 9.17) is 0 Å². The summed E-state index contributed by atoms with van der Waals surface area (Å²) in [6.07, 6.45) is 1.33. The summed E-state index contributed by atoms with van der Waals surface area (Å²) in [5, 5.41) is 0. The van der Waals surface area contributed by atoms with Crippen LogP contribution in [0.15, 0.2) is 30.3 Å². The lowest BCUT2D eigenvalue weighted by Gasteiger charge is -2.08. The summed E-state index contributed by atoms with van der Waals surface area (Å²) in [6.45, 7) is 7.93. The third-order valence-electron chi connectivity index (χ3n) is 2.83. The van der Waals surface area contributed by atoms with Gasteiger partial charge in [-0.1, -0.05) is 38.1 Å². The Morgan fingerprint density at radius 1 is 1.32 bits per heavy atom. The fourth-order valence-corrected chi connectivity index (χ4v) is 1.68. The van der Waals surface area contributed by atoms with Crippen molar-refractivity contribution in [3.63, 3.8) is 0 Å². The predicted molar refractivity (Wildman–Crippen MR) is 75.8 cm³/mol. The molecule has 0 aliphatic rings. The Labute approximate surface area is 114 Å². The molecule has 1 rings (SSSR count). The minimum atomic E-state index is -0.804. The summed E-state index contributed by atoms with van der Waals surface area (Å²) in [7, 11) is 0. The van der Waals surface area contributed by atoms with E-state index in [1.807, 2.05) is 25.1 Å². The Kier molecular flexibility index (Phi) is 5.49. The van der Waals surface area contributed by atoms with Crippen LogP contribution in [0, 0.1) is 0 Å². The maximum Gasteiger partial charge on any atom is 0.379 e. The molecule has 0 saturated carbocycles. The molecule has 102 valence electrons. The van der Waals surface area contributed by atoms with E-state index in [1.54, 1.807) is 6.92 Å². The molecule has 0 atom stereocenters. The fourth-order valence-electron chi connectivity index (χ4n) is 1.68. The van der Waals surface area contributed by atoms with Crippen LogP contribution in [0.3, 0.4) is 0 Å². The van der Waals surface area contributed by atoms with Crippen molar-refractivity contribution < 1.29 is 14.3 Å². The number of ether oxygens (including phenoxy) is 1. The van der Waals surface area contributed by atoms with Crippen molar-refractivity contribution in [3.8, 4) is 0 Å². The van der Waals surface area contributed by atoms with Crippen molar-refractivity contribution in [1.29, 1.82) is 0 Å². The van der Waals surface area contributed by atoms with Crippen LogP contribution in [0.4, 0.5) is 0 Å². The van der Waals surface area contributed by atoms with E-state index in [2.05, 4.69) is 24.7 Å². The zero-order valence-corrected chi connectivity index (χ0v) is 11.9. The van der Waals surface area contributed by atoms with Crippen molar-refractivity contribution >= 4 is 17.3 Å². The lowest BCUT2D eigenvalue weighted by molar-refractivity contribution is -0.151. The number of hydrogen-bond acceptors (Lipinski definition) is 3. The third kappa shape index (κ3) is 4.36. The Balaban J connectivity index is 2.93. The van der Waals surface area contributed by atoms with Crippen molar-refractivity contribution in [3.05, 3.63) is 41.5 Å². The van der Waals surface area contributed by atoms with Gasteiger partial charge >= 0.3 is 5.97 Å². The highest BCUT2D eigenvalue weighted by molar-refractivity contribution is 6.39. The van der Waals surface area contributed by atoms with Crippen LogP contribution in [0.1, 0.15) is 44.7 Å². The lowest BCUT2D eigenvalue weighted by Crippen LogP contribution is -2.15. The Bertz CT molecular complexity index is 498. The first-order valence-electron chi connectivity index (χ1n) is 6.45. The van der Waals surface area contributed by atoms with Gasteiger partial charge in [0, 0.05) is 0 Å². The van der Waals surface area contributed by atoms with Crippen molar-refractivity contribution in [2.75, 3.05) is 6.61 Å². The van der Waals surface area contributed by atoms with Gasteiger partial charge in [0.2, 0.25) is 0 Å². The molecule has 0 N–H and O–H groups in total. The van der Waals surface area contributed by atoms with Crippen LogP contribution >= 0.6 is 0 Å². The number of carbonyl (C=O) groups is 2. The number of esters is 1. The van der Waals surface area contributed by atoms with Crippen molar-refractivity contribution in [2.24, 2.45) is 0 Å². The van der Waals surface area contributed by atoms with Gasteiger partial charge in [0.1, 0.15) is 0 Å². The van der Waals surface area contributed by atoms with Gasteiger partial charge in [-0.2, -0.15) is 0 Å². The normalized spacial score (nSPS) is 11.5. The Morgan fingerprint density at radius 2 is 2.00 bits per heavy atom. The molecular weight excluding hydrogens is 240 g/mol. The van der Waals surface area contributed by atoms with E-state index >= 15 is 0 Å². The lowest BCUT2D eigenvalue weighted by atomic mass is 9.97. The number of ketones is 1. The van der Waals surface area contributed by atoms with E-state index in [-0.39, 0.29) is 6.61 Å². The second-order valence-corrected chi connectivity index (χ2v) is 4.69. The highest BCUT2D eigenvalue weighted by Crippen LogP contribution is 2.20. The smallest absolute Gasteiger partial charge is 0.379 e. The fraction of sp³-hybridized carbons (Fsp3) is 0.375. The topological polar surface area (TPSA) is 43.4 Å². The summed E-state index contributed by atoms with van der Waals surface area (Å²) in [4.78, 5) is 22.9. The number of carbonyl (C=O) groups excluding carboxylic acids is 2. The van der Waals surface area contributed by atoms with Crippen molar-refractivity contribution in [2.45, 2.75) is 33.6 Å². The molecule has 0 radical (unpaired) electrons. The molecule has 0 aromatic heterocycles. The molecule has 0 aliphatic carbocycles. The minimum Gasteiger partial charge on any atom is -0.460 e. The van der Waals surface area contributed by atoms with Crippen LogP contribution < -0.4 is 0 Å². The van der Waals surface area contributed by atoms with E-state index in [0.29, 0.717) is 5.92 Å². The highest BCUT2D eigenvalue weighted by atomic mass is 16.5. The van der Waals surface area contributed by atoms with Crippen LogP contribution in [0.5, 0.6) is 0 Å². The molecule has 0 bridgehead atoms. The minimum absolute atomic E-state index is 0.209. The molecule has 0 fully saturated rings. The monoisotopic (exact) mass is 260 g/mol. The second kappa shape index (κ2) is 6.88. The zero-order chi connectivity index (χ0) is 14.4. The van der Waals surface area contributed by atoms with Gasteiger partial charge in [-0.15, -0.1) is 0 Å². The average molecular weight is 260 g/mol. The van der Waals surface area contributed by atoms with Gasteiger partial charge in [0.25, 0.3) is 5.78 Å². The average Bonchev–Trinajstić information content (AvgIpc) is 2.39. The molecule has 3 heteroatoms. The van der Waals surface area contributed by atoms with Gasteiger partial charge in [-0.05, 0) is 42.5 Å². The first kappa shape index (κ1) is 15.2. The van der Waals surface area contributed by atoms with Crippen LogP contribution in [0.25, 0.3) is 5.57 Å². The summed E-state index contributed by atoms with van der Waals surface area (Å²) in [6, 6.07) is 7.97. The zero-order valence-electron chi connectivity index (χ0n) is 11.9. The van der Waals surface area contributed by atoms with Gasteiger partial charge in [0.05, 0.1) is 6.61 Å². The SMILES string of the molecule is CCOC(=O)C(=O)/C=C(\C)c1cccc(C(C)C)c1. The van der Waals surface area contributed by atoms with Gasteiger partial charge < -0.3 is 4.74 Å². The Morgan fingerprint density at radius 3 is 2.58 bits per heavy atom. The maximum absolute atomic E-state index is 11.6. The molecule has 19 heavy (non-hydrogen) atoms. The molecule has 1 aromatic carbocycles. The number of benzene rings is 1. The van der Waals surface area contributed by atoms with E-state index in [9.17, 15) is 9.59 Å². The van der Waals surface area contributed by atoms with E-state index in [0.717, 1.165) is 11.1 Å². The van der Waals surface area contributed by atoms with Crippen molar-refractivity contribution in [1.82, 2.24) is 0 Å². The molecule has 1 aromatic rings. The molecular formula is C16H20O3. The Hall–Kier alpha value is -1.90. The van der Waals surface area contributed by atoms with Gasteiger partial charge in [0.15, 0.2) is 0 Å². The van der Waals surface area contributed by atoms with E-state index < -0.39 is 11.8 Å². The summed E-state index contributed by atoms with van der Waals surface area (Å²) in [5.41, 5.74) is 2.92. The standard InChI is InChI=1S/C16H20O3/c1-5-19-16(18)15(17)9-12(4)14-8-6-7-13(10-14)11(2)3/h6-11H,5H2,1-4H3/b12-9+. The summed E-state index contributed by atoms with van der Waals surface area (Å²) >= 11 is 0. The van der Waals surface area contributed by atoms with Gasteiger partial charge in [-0.25, -0.2) is 4.79 Å². The number of hydrogen-bond donors (Lipinski definition) is 0. The first-order chi connectivity index (χ1) is 8.95. The van der Waals surface area contributed by atoms with Crippen LogP contribution in [-0.2, 0) is 14.3 Å². The quantitative estimate of drug-likeness (QED) is 0.463. The number of allylic oxidation sites excluding steroid dienone is 1. The molecule has 3 nitrogen and oxygen atoms in total. The van der Waals surface area contributed by atoms with Crippen LogP contribution in [0.2, 0.25) is 0 Å². The third-order valence-corrected chi connectivity index (χ3v) is 2.83. The first-order valence-corrected chi connectivity index (χ1v) is 6.45. The molecule has 0 aliphatic heterocycles. The van der Waals surface area contributed by atoms with E-state index in [1.165, 1.54) is 11.6 Å². The molecule has 0 saturated heterocycles.